The Bertz CT molecular complexity index is 807. The highest BCUT2D eigenvalue weighted by Crippen LogP contribution is 2.30. The Morgan fingerprint density at radius 2 is 2.26 bits per heavy atom. The molecule has 7 heteroatoms. The van der Waals surface area contributed by atoms with Gasteiger partial charge in [-0.1, -0.05) is 18.2 Å². The monoisotopic (exact) mass is 335 g/mol. The molecule has 0 aromatic carbocycles. The number of hydrogen-bond donors (Lipinski definition) is 2. The summed E-state index contributed by atoms with van der Waals surface area (Å²) in [5.74, 6) is 0.0781. The number of aryl methyl sites for hydroxylation is 1. The highest BCUT2D eigenvalue weighted by atomic mass is 35.5. The lowest BCUT2D eigenvalue weighted by Gasteiger charge is -2.08. The molecule has 122 valence electrons. The Kier molecular flexibility index (Phi) is 4.37. The van der Waals surface area contributed by atoms with Crippen LogP contribution < -0.4 is 11.1 Å². The second kappa shape index (κ2) is 6.29. The summed E-state index contributed by atoms with van der Waals surface area (Å²) in [6.07, 6.45) is 7.43. The molecule has 0 aliphatic heterocycles. The molecule has 0 amide bonds. The lowest BCUT2D eigenvalue weighted by Crippen LogP contribution is -2.20. The molecular formula is C16H19ClFN5. The minimum Gasteiger partial charge on any atom is -0.366 e. The fourth-order valence-corrected chi connectivity index (χ4v) is 2.93. The van der Waals surface area contributed by atoms with Gasteiger partial charge in [-0.05, 0) is 30.5 Å². The van der Waals surface area contributed by atoms with E-state index >= 15 is 0 Å². The molecule has 2 aromatic rings. The van der Waals surface area contributed by atoms with E-state index in [0.29, 0.717) is 35.5 Å². The second-order valence-electron chi connectivity index (χ2n) is 5.85. The Morgan fingerprint density at radius 1 is 1.48 bits per heavy atom. The van der Waals surface area contributed by atoms with Gasteiger partial charge in [-0.25, -0.2) is 4.39 Å². The molecule has 0 saturated carbocycles. The van der Waals surface area contributed by atoms with Crippen LogP contribution in [0.25, 0.3) is 11.0 Å². The summed E-state index contributed by atoms with van der Waals surface area (Å²) in [5, 5.41) is 3.63. The average Bonchev–Trinajstić information content (AvgIpc) is 3.08. The minimum atomic E-state index is -0.336. The van der Waals surface area contributed by atoms with Crippen molar-refractivity contribution in [1.82, 2.24) is 14.5 Å². The van der Waals surface area contributed by atoms with Crippen molar-refractivity contribution >= 4 is 28.5 Å². The number of allylic oxidation sites excluding steroid dienone is 3. The molecular weight excluding hydrogens is 317 g/mol. The third-order valence-electron chi connectivity index (χ3n) is 3.90. The Balaban J connectivity index is 2.02. The summed E-state index contributed by atoms with van der Waals surface area (Å²) in [6, 6.07) is -0.151. The van der Waals surface area contributed by atoms with Crippen LogP contribution in [-0.4, -0.2) is 27.1 Å². The van der Waals surface area contributed by atoms with Crippen LogP contribution in [0.15, 0.2) is 23.8 Å². The number of rotatable bonds is 5. The van der Waals surface area contributed by atoms with Gasteiger partial charge in [-0.2, -0.15) is 9.97 Å². The largest absolute Gasteiger partial charge is 0.366 e. The van der Waals surface area contributed by atoms with Gasteiger partial charge in [0.05, 0.1) is 11.1 Å². The van der Waals surface area contributed by atoms with E-state index in [-0.39, 0.29) is 17.1 Å². The first-order valence-corrected chi connectivity index (χ1v) is 7.89. The van der Waals surface area contributed by atoms with Crippen LogP contribution in [0, 0.1) is 5.82 Å². The highest BCUT2D eigenvalue weighted by Gasteiger charge is 2.22. The van der Waals surface area contributed by atoms with Gasteiger partial charge < -0.3 is 15.6 Å². The molecule has 0 bridgehead atoms. The van der Waals surface area contributed by atoms with Crippen LogP contribution in [0.4, 0.5) is 10.2 Å². The maximum atomic E-state index is 14.9. The zero-order valence-corrected chi connectivity index (χ0v) is 13.9. The molecule has 2 heterocycles. The number of nitrogens with zero attached hydrogens (tertiary/aromatic N) is 3. The molecule has 23 heavy (non-hydrogen) atoms. The van der Waals surface area contributed by atoms with Gasteiger partial charge in [0.15, 0.2) is 5.82 Å². The molecule has 0 unspecified atom stereocenters. The van der Waals surface area contributed by atoms with Crippen molar-refractivity contribution in [2.24, 2.45) is 12.8 Å². The van der Waals surface area contributed by atoms with Crippen LogP contribution in [0.5, 0.6) is 0 Å². The third-order valence-corrected chi connectivity index (χ3v) is 4.07. The first-order chi connectivity index (χ1) is 11.0. The fraction of sp³-hybridized carbons (Fsp3) is 0.375. The van der Waals surface area contributed by atoms with E-state index in [1.165, 1.54) is 5.57 Å². The number of halogens is 2. The van der Waals surface area contributed by atoms with Crippen LogP contribution >= 0.6 is 11.6 Å². The molecule has 1 atom stereocenters. The van der Waals surface area contributed by atoms with E-state index in [4.69, 9.17) is 17.3 Å². The Hall–Kier alpha value is -1.92. The van der Waals surface area contributed by atoms with Crippen molar-refractivity contribution in [1.29, 1.82) is 0 Å². The summed E-state index contributed by atoms with van der Waals surface area (Å²) in [6.45, 7) is 2.43. The molecule has 3 rings (SSSR count). The van der Waals surface area contributed by atoms with Crippen molar-refractivity contribution in [3.05, 3.63) is 40.6 Å². The maximum Gasteiger partial charge on any atom is 0.226 e. The first kappa shape index (κ1) is 16.0. The van der Waals surface area contributed by atoms with Crippen molar-refractivity contribution in [3.63, 3.8) is 0 Å². The fourth-order valence-electron chi connectivity index (χ4n) is 2.77. The smallest absolute Gasteiger partial charge is 0.226 e. The Labute approximate surface area is 139 Å². The number of fused-ring (bicyclic) bond motifs is 1. The number of aromatic nitrogens is 3. The molecule has 1 aliphatic carbocycles. The summed E-state index contributed by atoms with van der Waals surface area (Å²) in [4.78, 5) is 8.34. The predicted molar refractivity (Wildman–Crippen MR) is 91.2 cm³/mol. The average molecular weight is 336 g/mol. The standard InChI is InChI=1S/C16H19ClFN5/c1-9(19)7-11-13(18)12-14(20-8-10-5-3-4-6-10)21-16(17)22-15(12)23(11)2/h3-5,9H,6-8,19H2,1-2H3,(H,20,21,22)/t9-/m1/s1. The van der Waals surface area contributed by atoms with E-state index in [2.05, 4.69) is 21.4 Å². The van der Waals surface area contributed by atoms with E-state index in [1.807, 2.05) is 19.1 Å². The highest BCUT2D eigenvalue weighted by molar-refractivity contribution is 6.28. The minimum absolute atomic E-state index is 0.0893. The van der Waals surface area contributed by atoms with Crippen LogP contribution in [0.1, 0.15) is 19.0 Å². The lowest BCUT2D eigenvalue weighted by molar-refractivity contribution is 0.586. The van der Waals surface area contributed by atoms with Crippen molar-refractivity contribution in [2.75, 3.05) is 11.9 Å². The van der Waals surface area contributed by atoms with Gasteiger partial charge in [0.2, 0.25) is 5.28 Å². The van der Waals surface area contributed by atoms with E-state index in [0.717, 1.165) is 6.42 Å². The quantitative estimate of drug-likeness (QED) is 0.824. The second-order valence-corrected chi connectivity index (χ2v) is 6.19. The van der Waals surface area contributed by atoms with Crippen molar-refractivity contribution < 1.29 is 4.39 Å². The van der Waals surface area contributed by atoms with Crippen LogP contribution in [-0.2, 0) is 13.5 Å². The van der Waals surface area contributed by atoms with Gasteiger partial charge in [-0.3, -0.25) is 0 Å². The molecule has 0 radical (unpaired) electrons. The summed E-state index contributed by atoms with van der Waals surface area (Å²) in [5.41, 5.74) is 8.01. The summed E-state index contributed by atoms with van der Waals surface area (Å²) < 4.78 is 16.6. The first-order valence-electron chi connectivity index (χ1n) is 7.51. The third kappa shape index (κ3) is 3.09. The number of hydrogen-bond acceptors (Lipinski definition) is 4. The molecule has 5 nitrogen and oxygen atoms in total. The molecule has 0 saturated heterocycles. The number of nitrogens with one attached hydrogen (secondary N) is 1. The SMILES string of the molecule is C[C@@H](N)Cc1c(F)c2c(NCC3=CC=CC3)nc(Cl)nc2n1C. The normalized spacial score (nSPS) is 15.3. The molecule has 0 spiro atoms. The van der Waals surface area contributed by atoms with Gasteiger partial charge in [-0.15, -0.1) is 0 Å². The maximum absolute atomic E-state index is 14.9. The molecule has 2 aromatic heterocycles. The van der Waals surface area contributed by atoms with Gasteiger partial charge in [0, 0.05) is 26.1 Å². The Morgan fingerprint density at radius 3 is 2.91 bits per heavy atom. The number of nitrogens with two attached hydrogens (primary N) is 1. The van der Waals surface area contributed by atoms with Crippen molar-refractivity contribution in [3.8, 4) is 0 Å². The molecule has 3 N–H and O–H groups in total. The number of anilines is 1. The predicted octanol–water partition coefficient (Wildman–Crippen LogP) is 2.95. The summed E-state index contributed by atoms with van der Waals surface area (Å²) >= 11 is 6.01. The van der Waals surface area contributed by atoms with Gasteiger partial charge in [0.25, 0.3) is 0 Å². The topological polar surface area (TPSA) is 68.8 Å². The van der Waals surface area contributed by atoms with E-state index in [1.54, 1.807) is 11.6 Å². The van der Waals surface area contributed by atoms with E-state index < -0.39 is 0 Å². The summed E-state index contributed by atoms with van der Waals surface area (Å²) in [7, 11) is 1.76. The molecule has 0 fully saturated rings. The van der Waals surface area contributed by atoms with Crippen LogP contribution in [0.3, 0.4) is 0 Å². The lowest BCUT2D eigenvalue weighted by atomic mass is 10.2. The van der Waals surface area contributed by atoms with Gasteiger partial charge >= 0.3 is 0 Å². The van der Waals surface area contributed by atoms with E-state index in [9.17, 15) is 4.39 Å². The zero-order chi connectivity index (χ0) is 16.6. The van der Waals surface area contributed by atoms with Gasteiger partial charge in [0.1, 0.15) is 11.5 Å². The molecule has 1 aliphatic rings. The van der Waals surface area contributed by atoms with Crippen LogP contribution in [0.2, 0.25) is 5.28 Å². The zero-order valence-electron chi connectivity index (χ0n) is 13.1. The van der Waals surface area contributed by atoms with Crippen molar-refractivity contribution in [2.45, 2.75) is 25.8 Å².